The molecule has 3 nitrogen and oxygen atoms in total. The zero-order chi connectivity index (χ0) is 14.6. The summed E-state index contributed by atoms with van der Waals surface area (Å²) in [4.78, 5) is 22.2. The maximum atomic E-state index is 12.0. The Hall–Kier alpha value is -1.37. The van der Waals surface area contributed by atoms with Gasteiger partial charge in [0.1, 0.15) is 5.78 Å². The van der Waals surface area contributed by atoms with Gasteiger partial charge in [-0.2, -0.15) is 13.2 Å². The predicted molar refractivity (Wildman–Crippen MR) is 65.1 cm³/mol. The number of rotatable bonds is 5. The molecule has 7 heteroatoms. The lowest BCUT2D eigenvalue weighted by atomic mass is 10.0. The molecule has 104 valence electrons. The van der Waals surface area contributed by atoms with Gasteiger partial charge in [-0.1, -0.05) is 15.9 Å². The van der Waals surface area contributed by atoms with Crippen LogP contribution in [0.3, 0.4) is 0 Å². The van der Waals surface area contributed by atoms with Crippen molar-refractivity contribution in [2.45, 2.75) is 25.4 Å². The first-order valence-corrected chi connectivity index (χ1v) is 6.08. The molecule has 0 heterocycles. The number of carbonyl (C=O) groups excluding carboxylic acids is 1. The van der Waals surface area contributed by atoms with Crippen LogP contribution >= 0.6 is 15.9 Å². The Labute approximate surface area is 115 Å². The van der Waals surface area contributed by atoms with Gasteiger partial charge < -0.3 is 5.11 Å². The molecule has 0 saturated carbocycles. The van der Waals surface area contributed by atoms with Crippen molar-refractivity contribution in [1.29, 1.82) is 0 Å². The number of hydrogen-bond donors (Lipinski definition) is 1. The lowest BCUT2D eigenvalue weighted by molar-refractivity contribution is -0.143. The SMILES string of the molecule is O=C(CCC(F)(F)F)Cc1cc(Br)cc(C(=O)O)c1. The molecule has 1 N–H and O–H groups in total. The van der Waals surface area contributed by atoms with Crippen molar-refractivity contribution in [2.24, 2.45) is 0 Å². The molecule has 0 amide bonds. The molecule has 0 atom stereocenters. The number of ketones is 1. The van der Waals surface area contributed by atoms with Crippen molar-refractivity contribution in [2.75, 3.05) is 0 Å². The van der Waals surface area contributed by atoms with Crippen LogP contribution in [0.5, 0.6) is 0 Å². The normalized spacial score (nSPS) is 11.4. The second-order valence-electron chi connectivity index (χ2n) is 3.98. The van der Waals surface area contributed by atoms with Crippen molar-refractivity contribution < 1.29 is 27.9 Å². The highest BCUT2D eigenvalue weighted by Gasteiger charge is 2.27. The van der Waals surface area contributed by atoms with Gasteiger partial charge in [-0.3, -0.25) is 4.79 Å². The summed E-state index contributed by atoms with van der Waals surface area (Å²) in [5, 5.41) is 8.82. The third kappa shape index (κ3) is 5.87. The van der Waals surface area contributed by atoms with Crippen molar-refractivity contribution >= 4 is 27.7 Å². The Morgan fingerprint density at radius 3 is 2.37 bits per heavy atom. The van der Waals surface area contributed by atoms with Gasteiger partial charge in [0.05, 0.1) is 12.0 Å². The van der Waals surface area contributed by atoms with Crippen LogP contribution in [0.2, 0.25) is 0 Å². The number of carbonyl (C=O) groups is 2. The fraction of sp³-hybridized carbons (Fsp3) is 0.333. The zero-order valence-electron chi connectivity index (χ0n) is 9.63. The van der Waals surface area contributed by atoms with E-state index in [0.29, 0.717) is 10.0 Å². The first-order chi connectivity index (χ1) is 8.67. The number of Topliss-reactive ketones (excluding diaryl/α,β-unsaturated/α-hetero) is 1. The maximum Gasteiger partial charge on any atom is 0.389 e. The molecule has 0 aliphatic rings. The van der Waals surface area contributed by atoms with E-state index in [9.17, 15) is 22.8 Å². The minimum absolute atomic E-state index is 0.0204. The molecule has 0 fully saturated rings. The molecular weight excluding hydrogens is 329 g/mol. The first kappa shape index (κ1) is 15.7. The van der Waals surface area contributed by atoms with E-state index in [4.69, 9.17) is 5.11 Å². The van der Waals surface area contributed by atoms with Crippen LogP contribution in [0.1, 0.15) is 28.8 Å². The molecule has 1 aromatic rings. The minimum Gasteiger partial charge on any atom is -0.478 e. The lowest BCUT2D eigenvalue weighted by Gasteiger charge is -2.06. The van der Waals surface area contributed by atoms with Gasteiger partial charge in [0, 0.05) is 17.3 Å². The van der Waals surface area contributed by atoms with Crippen molar-refractivity contribution in [3.05, 3.63) is 33.8 Å². The van der Waals surface area contributed by atoms with Crippen LogP contribution in [0.4, 0.5) is 13.2 Å². The Morgan fingerprint density at radius 2 is 1.84 bits per heavy atom. The highest BCUT2D eigenvalue weighted by Crippen LogP contribution is 2.22. The third-order valence-electron chi connectivity index (χ3n) is 2.29. The third-order valence-corrected chi connectivity index (χ3v) is 2.75. The molecule has 0 saturated heterocycles. The monoisotopic (exact) mass is 338 g/mol. The van der Waals surface area contributed by atoms with Crippen LogP contribution in [-0.4, -0.2) is 23.0 Å². The smallest absolute Gasteiger partial charge is 0.389 e. The second kappa shape index (κ2) is 6.18. The van der Waals surface area contributed by atoms with Gasteiger partial charge in [0.25, 0.3) is 0 Å². The molecule has 0 spiro atoms. The van der Waals surface area contributed by atoms with Crippen LogP contribution in [0, 0.1) is 0 Å². The number of halogens is 4. The fourth-order valence-electron chi connectivity index (χ4n) is 1.47. The number of carboxylic acids is 1. The van der Waals surface area contributed by atoms with E-state index in [1.165, 1.54) is 18.2 Å². The summed E-state index contributed by atoms with van der Waals surface area (Å²) < 4.78 is 36.3. The summed E-state index contributed by atoms with van der Waals surface area (Å²) in [5.74, 6) is -1.74. The van der Waals surface area contributed by atoms with Gasteiger partial charge in [-0.15, -0.1) is 0 Å². The number of carboxylic acid groups (broad SMARTS) is 1. The molecule has 1 aromatic carbocycles. The zero-order valence-corrected chi connectivity index (χ0v) is 11.2. The van der Waals surface area contributed by atoms with Crippen LogP contribution in [-0.2, 0) is 11.2 Å². The van der Waals surface area contributed by atoms with E-state index in [0.717, 1.165) is 0 Å². The van der Waals surface area contributed by atoms with Crippen molar-refractivity contribution in [3.8, 4) is 0 Å². The van der Waals surface area contributed by atoms with Crippen LogP contribution in [0.25, 0.3) is 0 Å². The minimum atomic E-state index is -4.36. The van der Waals surface area contributed by atoms with E-state index in [1.807, 2.05) is 0 Å². The van der Waals surface area contributed by atoms with Crippen molar-refractivity contribution in [3.63, 3.8) is 0 Å². The van der Waals surface area contributed by atoms with Crippen LogP contribution in [0.15, 0.2) is 22.7 Å². The molecular formula is C12H10BrF3O3. The summed E-state index contributed by atoms with van der Waals surface area (Å²) in [6.07, 6.45) is -6.33. The first-order valence-electron chi connectivity index (χ1n) is 5.28. The average Bonchev–Trinajstić information content (AvgIpc) is 2.24. The summed E-state index contributed by atoms with van der Waals surface area (Å²) in [7, 11) is 0. The average molecular weight is 339 g/mol. The van der Waals surface area contributed by atoms with E-state index in [1.54, 1.807) is 0 Å². The summed E-state index contributed by atoms with van der Waals surface area (Å²) in [5.41, 5.74) is 0.354. The van der Waals surface area contributed by atoms with Gasteiger partial charge >= 0.3 is 12.1 Å². The lowest BCUT2D eigenvalue weighted by Crippen LogP contribution is -2.12. The van der Waals surface area contributed by atoms with Crippen LogP contribution < -0.4 is 0 Å². The summed E-state index contributed by atoms with van der Waals surface area (Å²) >= 11 is 3.09. The summed E-state index contributed by atoms with van der Waals surface area (Å²) in [6.45, 7) is 0. The molecule has 19 heavy (non-hydrogen) atoms. The number of benzene rings is 1. The number of hydrogen-bond acceptors (Lipinski definition) is 2. The second-order valence-corrected chi connectivity index (χ2v) is 4.90. The molecule has 0 aliphatic carbocycles. The maximum absolute atomic E-state index is 12.0. The van der Waals surface area contributed by atoms with E-state index in [2.05, 4.69) is 15.9 Å². The fourth-order valence-corrected chi connectivity index (χ4v) is 2.01. The number of alkyl halides is 3. The van der Waals surface area contributed by atoms with Gasteiger partial charge in [0.15, 0.2) is 0 Å². The quantitative estimate of drug-likeness (QED) is 0.892. The van der Waals surface area contributed by atoms with Crippen molar-refractivity contribution in [1.82, 2.24) is 0 Å². The molecule has 0 unspecified atom stereocenters. The number of aromatic carboxylic acids is 1. The van der Waals surface area contributed by atoms with E-state index >= 15 is 0 Å². The molecule has 0 radical (unpaired) electrons. The largest absolute Gasteiger partial charge is 0.478 e. The van der Waals surface area contributed by atoms with E-state index < -0.39 is 30.8 Å². The Kier molecular flexibility index (Phi) is 5.11. The highest BCUT2D eigenvalue weighted by molar-refractivity contribution is 9.10. The topological polar surface area (TPSA) is 54.4 Å². The molecule has 1 rings (SSSR count). The molecule has 0 bridgehead atoms. The summed E-state index contributed by atoms with van der Waals surface area (Å²) in [6, 6.07) is 4.14. The molecule has 0 aliphatic heterocycles. The van der Waals surface area contributed by atoms with E-state index in [-0.39, 0.29) is 12.0 Å². The standard InChI is InChI=1S/C12H10BrF3O3/c13-9-4-7(3-8(6-9)11(18)19)5-10(17)1-2-12(14,15)16/h3-4,6H,1-2,5H2,(H,18,19). The van der Waals surface area contributed by atoms with Gasteiger partial charge in [0.2, 0.25) is 0 Å². The Balaban J connectivity index is 2.71. The molecule has 0 aromatic heterocycles. The highest BCUT2D eigenvalue weighted by atomic mass is 79.9. The Bertz CT molecular complexity index is 497. The van der Waals surface area contributed by atoms with Gasteiger partial charge in [-0.25, -0.2) is 4.79 Å². The van der Waals surface area contributed by atoms with Gasteiger partial charge in [-0.05, 0) is 23.8 Å². The predicted octanol–water partition coefficient (Wildman–Crippen LogP) is 3.60. The Morgan fingerprint density at radius 1 is 1.21 bits per heavy atom.